The van der Waals surface area contributed by atoms with Gasteiger partial charge in [0.25, 0.3) is 11.8 Å². The van der Waals surface area contributed by atoms with Gasteiger partial charge < -0.3 is 20.9 Å². The summed E-state index contributed by atoms with van der Waals surface area (Å²) < 4.78 is 0. The van der Waals surface area contributed by atoms with Crippen molar-refractivity contribution in [3.8, 4) is 0 Å². The van der Waals surface area contributed by atoms with Crippen LogP contribution in [-0.2, 0) is 5.41 Å². The molecule has 0 saturated carbocycles. The van der Waals surface area contributed by atoms with E-state index in [1.807, 2.05) is 43.7 Å². The molecule has 166 valence electrons. The Morgan fingerprint density at radius 2 is 1.71 bits per heavy atom. The predicted octanol–water partition coefficient (Wildman–Crippen LogP) is 4.11. The number of amides is 2. The maximum absolute atomic E-state index is 12.7. The van der Waals surface area contributed by atoms with Crippen molar-refractivity contribution in [3.05, 3.63) is 77.6 Å². The molecule has 0 aromatic heterocycles. The van der Waals surface area contributed by atoms with Crippen molar-refractivity contribution in [1.29, 1.82) is 0 Å². The number of anilines is 1. The number of carbonyl (C=O) groups excluding carboxylic acids is 2. The van der Waals surface area contributed by atoms with Gasteiger partial charge in [0, 0.05) is 38.0 Å². The summed E-state index contributed by atoms with van der Waals surface area (Å²) in [5.74, 6) is -0.443. The lowest BCUT2D eigenvalue weighted by molar-refractivity contribution is 0.0951. The summed E-state index contributed by atoms with van der Waals surface area (Å²) >= 11 is 0. The van der Waals surface area contributed by atoms with Gasteiger partial charge in [-0.2, -0.15) is 0 Å². The van der Waals surface area contributed by atoms with E-state index in [0.29, 0.717) is 23.4 Å². The fourth-order valence-electron chi connectivity index (χ4n) is 3.30. The van der Waals surface area contributed by atoms with Crippen LogP contribution in [-0.4, -0.2) is 36.5 Å². The van der Waals surface area contributed by atoms with Crippen LogP contribution in [0.15, 0.2) is 60.9 Å². The van der Waals surface area contributed by atoms with Crippen LogP contribution in [0.2, 0.25) is 0 Å². The van der Waals surface area contributed by atoms with Crippen LogP contribution < -0.4 is 16.0 Å². The average molecular weight is 443 g/mol. The second kappa shape index (κ2) is 10.4. The number of benzene rings is 2. The second-order valence-electron chi connectivity index (χ2n) is 8.54. The highest BCUT2D eigenvalue weighted by Crippen LogP contribution is 2.23. The summed E-state index contributed by atoms with van der Waals surface area (Å²) in [5, 5.41) is 9.04. The zero-order valence-electron chi connectivity index (χ0n) is 18.4. The maximum Gasteiger partial charge on any atom is 0.255 e. The van der Waals surface area contributed by atoms with Gasteiger partial charge in [-0.15, -0.1) is 12.4 Å². The SMILES string of the molecule is CN1C=CNC1CCNC(=O)c1ccccc1NC(=O)c1ccc(C(C)(C)C)cc1.Cl. The normalized spacial score (nSPS) is 15.1. The lowest BCUT2D eigenvalue weighted by atomic mass is 9.86. The Balaban J connectivity index is 0.00000341. The molecular weight excluding hydrogens is 412 g/mol. The molecule has 1 aliphatic rings. The number of halogens is 1. The highest BCUT2D eigenvalue weighted by Gasteiger charge is 2.18. The van der Waals surface area contributed by atoms with Gasteiger partial charge >= 0.3 is 0 Å². The minimum atomic E-state index is -0.237. The van der Waals surface area contributed by atoms with Crippen LogP contribution in [0.5, 0.6) is 0 Å². The average Bonchev–Trinajstić information content (AvgIpc) is 3.12. The molecule has 0 saturated heterocycles. The summed E-state index contributed by atoms with van der Waals surface area (Å²) in [6.07, 6.45) is 4.80. The third-order valence-electron chi connectivity index (χ3n) is 5.23. The van der Waals surface area contributed by atoms with E-state index in [-0.39, 0.29) is 35.8 Å². The van der Waals surface area contributed by atoms with E-state index >= 15 is 0 Å². The molecule has 1 aliphatic heterocycles. The van der Waals surface area contributed by atoms with E-state index in [2.05, 4.69) is 41.6 Å². The number of hydrogen-bond acceptors (Lipinski definition) is 4. The fraction of sp³-hybridized carbons (Fsp3) is 0.333. The molecule has 0 aliphatic carbocycles. The Hall–Kier alpha value is -2.99. The Morgan fingerprint density at radius 3 is 2.32 bits per heavy atom. The number of para-hydroxylation sites is 1. The Bertz CT molecular complexity index is 935. The number of nitrogens with one attached hydrogen (secondary N) is 3. The number of nitrogens with zero attached hydrogens (tertiary/aromatic N) is 1. The van der Waals surface area contributed by atoms with Gasteiger partial charge in [-0.05, 0) is 35.2 Å². The zero-order chi connectivity index (χ0) is 21.7. The molecule has 7 heteroatoms. The molecule has 2 aromatic carbocycles. The van der Waals surface area contributed by atoms with E-state index in [0.717, 1.165) is 12.0 Å². The Morgan fingerprint density at radius 1 is 1.03 bits per heavy atom. The lowest BCUT2D eigenvalue weighted by Gasteiger charge is -2.21. The highest BCUT2D eigenvalue weighted by molar-refractivity contribution is 6.09. The predicted molar refractivity (Wildman–Crippen MR) is 128 cm³/mol. The third-order valence-corrected chi connectivity index (χ3v) is 5.23. The van der Waals surface area contributed by atoms with E-state index in [1.165, 1.54) is 0 Å². The van der Waals surface area contributed by atoms with Gasteiger partial charge in [0.05, 0.1) is 17.4 Å². The summed E-state index contributed by atoms with van der Waals surface area (Å²) in [6.45, 7) is 6.93. The first kappa shape index (κ1) is 24.3. The van der Waals surface area contributed by atoms with Crippen molar-refractivity contribution in [2.45, 2.75) is 38.8 Å². The molecule has 3 N–H and O–H groups in total. The molecule has 2 aromatic rings. The Labute approximate surface area is 190 Å². The standard InChI is InChI=1S/C24H30N4O2.ClH/c1-24(2,3)18-11-9-17(10-12-18)22(29)27-20-8-6-5-7-19(20)23(30)26-14-13-21-25-15-16-28(21)4;/h5-12,15-16,21,25H,13-14H2,1-4H3,(H,26,30)(H,27,29);1H. The van der Waals surface area contributed by atoms with Crippen molar-refractivity contribution < 1.29 is 9.59 Å². The molecule has 0 bridgehead atoms. The van der Waals surface area contributed by atoms with Crippen LogP contribution in [0.4, 0.5) is 5.69 Å². The summed E-state index contributed by atoms with van der Waals surface area (Å²) in [4.78, 5) is 27.5. The van der Waals surface area contributed by atoms with Crippen LogP contribution in [0.1, 0.15) is 53.5 Å². The van der Waals surface area contributed by atoms with Crippen LogP contribution in [0.25, 0.3) is 0 Å². The van der Waals surface area contributed by atoms with E-state index < -0.39 is 0 Å². The molecular formula is C24H31ClN4O2. The number of carbonyl (C=O) groups is 2. The van der Waals surface area contributed by atoms with Crippen LogP contribution in [0, 0.1) is 0 Å². The third kappa shape index (κ3) is 6.25. The van der Waals surface area contributed by atoms with Crippen molar-refractivity contribution in [2.24, 2.45) is 0 Å². The quantitative estimate of drug-likeness (QED) is 0.629. The largest absolute Gasteiger partial charge is 0.370 e. The first-order valence-electron chi connectivity index (χ1n) is 10.2. The molecule has 0 spiro atoms. The first-order valence-corrected chi connectivity index (χ1v) is 10.2. The van der Waals surface area contributed by atoms with Crippen molar-refractivity contribution in [1.82, 2.24) is 15.5 Å². The van der Waals surface area contributed by atoms with Gasteiger partial charge in [-0.3, -0.25) is 9.59 Å². The number of rotatable bonds is 6. The topological polar surface area (TPSA) is 73.5 Å². The molecule has 1 heterocycles. The van der Waals surface area contributed by atoms with Gasteiger partial charge in [-0.1, -0.05) is 45.0 Å². The minimum Gasteiger partial charge on any atom is -0.370 e. The second-order valence-corrected chi connectivity index (χ2v) is 8.54. The summed E-state index contributed by atoms with van der Waals surface area (Å²) in [7, 11) is 1.99. The van der Waals surface area contributed by atoms with Crippen LogP contribution >= 0.6 is 12.4 Å². The maximum atomic E-state index is 12.7. The van der Waals surface area contributed by atoms with E-state index in [1.54, 1.807) is 24.3 Å². The van der Waals surface area contributed by atoms with Gasteiger partial charge in [0.1, 0.15) is 0 Å². The molecule has 1 unspecified atom stereocenters. The molecule has 0 fully saturated rings. The van der Waals surface area contributed by atoms with Crippen molar-refractivity contribution >= 4 is 29.9 Å². The summed E-state index contributed by atoms with van der Waals surface area (Å²) in [5.41, 5.74) is 2.69. The molecule has 3 rings (SSSR count). The monoisotopic (exact) mass is 442 g/mol. The molecule has 6 nitrogen and oxygen atoms in total. The minimum absolute atomic E-state index is 0. The molecule has 31 heavy (non-hydrogen) atoms. The number of hydrogen-bond donors (Lipinski definition) is 3. The molecule has 0 radical (unpaired) electrons. The first-order chi connectivity index (χ1) is 14.3. The van der Waals surface area contributed by atoms with Crippen molar-refractivity contribution in [3.63, 3.8) is 0 Å². The smallest absolute Gasteiger partial charge is 0.255 e. The van der Waals surface area contributed by atoms with Crippen molar-refractivity contribution in [2.75, 3.05) is 18.9 Å². The van der Waals surface area contributed by atoms with Crippen LogP contribution in [0.3, 0.4) is 0 Å². The molecule has 1 atom stereocenters. The lowest BCUT2D eigenvalue weighted by Crippen LogP contribution is -2.37. The van der Waals surface area contributed by atoms with Gasteiger partial charge in [0.15, 0.2) is 0 Å². The zero-order valence-corrected chi connectivity index (χ0v) is 19.3. The van der Waals surface area contributed by atoms with E-state index in [9.17, 15) is 9.59 Å². The fourth-order valence-corrected chi connectivity index (χ4v) is 3.30. The van der Waals surface area contributed by atoms with E-state index in [4.69, 9.17) is 0 Å². The highest BCUT2D eigenvalue weighted by atomic mass is 35.5. The van der Waals surface area contributed by atoms with Gasteiger partial charge in [0.2, 0.25) is 0 Å². The Kier molecular flexibility index (Phi) is 8.11. The molecule has 2 amide bonds. The van der Waals surface area contributed by atoms with Gasteiger partial charge in [-0.25, -0.2) is 0 Å². The summed E-state index contributed by atoms with van der Waals surface area (Å²) in [6, 6.07) is 14.6.